The molecule has 1 heterocycles. The summed E-state index contributed by atoms with van der Waals surface area (Å²) in [6.07, 6.45) is 0.867. The van der Waals surface area contributed by atoms with E-state index in [9.17, 15) is 4.79 Å². The highest BCUT2D eigenvalue weighted by atomic mass is 16.1. The van der Waals surface area contributed by atoms with Crippen LogP contribution in [0.15, 0.2) is 35.1 Å². The molecule has 0 aliphatic carbocycles. The van der Waals surface area contributed by atoms with Gasteiger partial charge in [0.2, 0.25) is 5.95 Å². The average Bonchev–Trinajstić information content (AvgIpc) is 2.38. The van der Waals surface area contributed by atoms with Crippen molar-refractivity contribution >= 4 is 5.95 Å². The largest absolute Gasteiger partial charge is 0.354 e. The Kier molecular flexibility index (Phi) is 4.17. The maximum Gasteiger partial charge on any atom is 0.274 e. The Morgan fingerprint density at radius 1 is 1.15 bits per heavy atom. The zero-order valence-electron chi connectivity index (χ0n) is 12.1. The van der Waals surface area contributed by atoms with Crippen LogP contribution in [0, 0.1) is 0 Å². The van der Waals surface area contributed by atoms with Crippen molar-refractivity contribution in [2.75, 3.05) is 11.9 Å². The minimum Gasteiger partial charge on any atom is -0.354 e. The Morgan fingerprint density at radius 3 is 2.45 bits per heavy atom. The molecule has 0 fully saturated rings. The lowest BCUT2D eigenvalue weighted by atomic mass is 9.93. The van der Waals surface area contributed by atoms with Gasteiger partial charge in [0.05, 0.1) is 0 Å². The molecular formula is C15H20N4O. The average molecular weight is 272 g/mol. The van der Waals surface area contributed by atoms with Crippen LogP contribution in [-0.4, -0.2) is 21.7 Å². The first kappa shape index (κ1) is 14.2. The molecule has 0 aliphatic rings. The SMILES string of the molecule is CC(C)(C)c1nnc(NCCc2ccccc2)[nH]c1=O. The van der Waals surface area contributed by atoms with Gasteiger partial charge in [-0.15, -0.1) is 10.2 Å². The summed E-state index contributed by atoms with van der Waals surface area (Å²) in [5, 5.41) is 11.1. The molecule has 1 aromatic carbocycles. The van der Waals surface area contributed by atoms with Crippen LogP contribution in [-0.2, 0) is 11.8 Å². The molecule has 5 nitrogen and oxygen atoms in total. The van der Waals surface area contributed by atoms with Gasteiger partial charge in [-0.1, -0.05) is 51.1 Å². The second-order valence-electron chi connectivity index (χ2n) is 5.76. The van der Waals surface area contributed by atoms with Gasteiger partial charge in [0, 0.05) is 12.0 Å². The van der Waals surface area contributed by atoms with Crippen LogP contribution in [0.4, 0.5) is 5.95 Å². The molecule has 0 spiro atoms. The molecule has 0 aliphatic heterocycles. The van der Waals surface area contributed by atoms with Crippen molar-refractivity contribution in [3.63, 3.8) is 0 Å². The van der Waals surface area contributed by atoms with E-state index in [1.807, 2.05) is 39.0 Å². The van der Waals surface area contributed by atoms with Crippen LogP contribution < -0.4 is 10.9 Å². The van der Waals surface area contributed by atoms with E-state index in [1.54, 1.807) is 0 Å². The van der Waals surface area contributed by atoms with E-state index in [1.165, 1.54) is 5.56 Å². The van der Waals surface area contributed by atoms with Crippen molar-refractivity contribution in [1.29, 1.82) is 0 Å². The molecule has 2 aromatic rings. The standard InChI is InChI=1S/C15H20N4O/c1-15(2,3)12-13(20)17-14(19-18-12)16-10-9-11-7-5-4-6-8-11/h4-8H,9-10H2,1-3H3,(H2,16,17,19,20). The van der Waals surface area contributed by atoms with Crippen molar-refractivity contribution in [2.45, 2.75) is 32.6 Å². The molecular weight excluding hydrogens is 252 g/mol. The number of hydrogen-bond donors (Lipinski definition) is 2. The summed E-state index contributed by atoms with van der Waals surface area (Å²) >= 11 is 0. The highest BCUT2D eigenvalue weighted by molar-refractivity contribution is 5.24. The third-order valence-electron chi connectivity index (χ3n) is 2.96. The summed E-state index contributed by atoms with van der Waals surface area (Å²) < 4.78 is 0. The first-order chi connectivity index (χ1) is 9.47. The second kappa shape index (κ2) is 5.86. The van der Waals surface area contributed by atoms with E-state index in [0.29, 0.717) is 18.2 Å². The first-order valence-electron chi connectivity index (χ1n) is 6.72. The van der Waals surface area contributed by atoms with E-state index in [0.717, 1.165) is 6.42 Å². The lowest BCUT2D eigenvalue weighted by molar-refractivity contribution is 0.547. The van der Waals surface area contributed by atoms with E-state index in [2.05, 4.69) is 32.6 Å². The summed E-state index contributed by atoms with van der Waals surface area (Å²) in [4.78, 5) is 14.7. The number of anilines is 1. The Bertz CT molecular complexity index is 614. The van der Waals surface area contributed by atoms with Crippen LogP contribution >= 0.6 is 0 Å². The second-order valence-corrected chi connectivity index (χ2v) is 5.76. The molecule has 2 N–H and O–H groups in total. The first-order valence-corrected chi connectivity index (χ1v) is 6.72. The van der Waals surface area contributed by atoms with Crippen molar-refractivity contribution in [2.24, 2.45) is 0 Å². The maximum absolute atomic E-state index is 11.9. The van der Waals surface area contributed by atoms with Crippen molar-refractivity contribution in [1.82, 2.24) is 15.2 Å². The molecule has 0 atom stereocenters. The monoisotopic (exact) mass is 272 g/mol. The molecule has 0 radical (unpaired) electrons. The summed E-state index contributed by atoms with van der Waals surface area (Å²) in [6, 6.07) is 10.1. The molecule has 1 aromatic heterocycles. The molecule has 0 unspecified atom stereocenters. The van der Waals surface area contributed by atoms with Gasteiger partial charge in [0.25, 0.3) is 5.56 Å². The molecule has 0 saturated carbocycles. The molecule has 0 saturated heterocycles. The number of nitrogens with zero attached hydrogens (tertiary/aromatic N) is 2. The molecule has 0 amide bonds. The van der Waals surface area contributed by atoms with Gasteiger partial charge in [0.15, 0.2) is 0 Å². The Morgan fingerprint density at radius 2 is 1.85 bits per heavy atom. The van der Waals surface area contributed by atoms with Crippen molar-refractivity contribution < 1.29 is 0 Å². The van der Waals surface area contributed by atoms with E-state index in [-0.39, 0.29) is 11.0 Å². The molecule has 106 valence electrons. The minimum absolute atomic E-state index is 0.185. The fourth-order valence-electron chi connectivity index (χ4n) is 1.88. The Labute approximate surface area is 118 Å². The Balaban J connectivity index is 1.98. The van der Waals surface area contributed by atoms with Crippen LogP contribution in [0.3, 0.4) is 0 Å². The summed E-state index contributed by atoms with van der Waals surface area (Å²) in [7, 11) is 0. The normalized spacial score (nSPS) is 11.3. The summed E-state index contributed by atoms with van der Waals surface area (Å²) in [5.41, 5.74) is 1.20. The minimum atomic E-state index is -0.302. The fraction of sp³-hybridized carbons (Fsp3) is 0.400. The zero-order valence-corrected chi connectivity index (χ0v) is 12.1. The van der Waals surface area contributed by atoms with E-state index < -0.39 is 0 Å². The highest BCUT2D eigenvalue weighted by Crippen LogP contribution is 2.15. The molecule has 20 heavy (non-hydrogen) atoms. The fourth-order valence-corrected chi connectivity index (χ4v) is 1.88. The van der Waals surface area contributed by atoms with Gasteiger partial charge < -0.3 is 5.32 Å². The summed E-state index contributed by atoms with van der Waals surface area (Å²) in [5.74, 6) is 0.416. The third-order valence-corrected chi connectivity index (χ3v) is 2.96. The van der Waals surface area contributed by atoms with Crippen LogP contribution in [0.2, 0.25) is 0 Å². The van der Waals surface area contributed by atoms with Gasteiger partial charge >= 0.3 is 0 Å². The Hall–Kier alpha value is -2.17. The van der Waals surface area contributed by atoms with E-state index >= 15 is 0 Å². The predicted octanol–water partition coefficient (Wildman–Crippen LogP) is 2.12. The van der Waals surface area contributed by atoms with Gasteiger partial charge in [-0.05, 0) is 12.0 Å². The van der Waals surface area contributed by atoms with Crippen molar-refractivity contribution in [3.8, 4) is 0 Å². The topological polar surface area (TPSA) is 70.7 Å². The lowest BCUT2D eigenvalue weighted by Crippen LogP contribution is -2.28. The van der Waals surface area contributed by atoms with Crippen LogP contribution in [0.1, 0.15) is 32.0 Å². The molecule has 5 heteroatoms. The number of H-pyrrole nitrogens is 1. The predicted molar refractivity (Wildman–Crippen MR) is 80.0 cm³/mol. The maximum atomic E-state index is 11.9. The number of nitrogens with one attached hydrogen (secondary N) is 2. The lowest BCUT2D eigenvalue weighted by Gasteiger charge is -2.15. The zero-order chi connectivity index (χ0) is 14.6. The summed E-state index contributed by atoms with van der Waals surface area (Å²) in [6.45, 7) is 6.52. The third kappa shape index (κ3) is 3.66. The van der Waals surface area contributed by atoms with Crippen LogP contribution in [0.25, 0.3) is 0 Å². The van der Waals surface area contributed by atoms with Gasteiger partial charge in [0.1, 0.15) is 5.69 Å². The smallest absolute Gasteiger partial charge is 0.274 e. The van der Waals surface area contributed by atoms with Gasteiger partial charge in [-0.2, -0.15) is 0 Å². The van der Waals surface area contributed by atoms with Gasteiger partial charge in [-0.3, -0.25) is 9.78 Å². The molecule has 0 bridgehead atoms. The quantitative estimate of drug-likeness (QED) is 0.894. The molecule has 2 rings (SSSR count). The number of hydrogen-bond acceptors (Lipinski definition) is 4. The van der Waals surface area contributed by atoms with E-state index in [4.69, 9.17) is 0 Å². The van der Waals surface area contributed by atoms with Crippen molar-refractivity contribution in [3.05, 3.63) is 51.9 Å². The van der Waals surface area contributed by atoms with Crippen LogP contribution in [0.5, 0.6) is 0 Å². The number of aromatic nitrogens is 3. The number of aromatic amines is 1. The number of benzene rings is 1. The highest BCUT2D eigenvalue weighted by Gasteiger charge is 2.20. The number of rotatable bonds is 4. The van der Waals surface area contributed by atoms with Gasteiger partial charge in [-0.25, -0.2) is 0 Å².